The number of nitrogens with zero attached hydrogens (tertiary/aromatic N) is 3. The highest BCUT2D eigenvalue weighted by Crippen LogP contribution is 2.23. The number of aliphatic imine (C=N–C) groups is 1. The molecule has 4 nitrogen and oxygen atoms in total. The van der Waals surface area contributed by atoms with Crippen molar-refractivity contribution in [3.05, 3.63) is 29.6 Å². The van der Waals surface area contributed by atoms with Gasteiger partial charge in [-0.25, -0.2) is 4.99 Å². The zero-order valence-corrected chi connectivity index (χ0v) is 17.2. The zero-order chi connectivity index (χ0) is 15.9. The molecule has 0 saturated carbocycles. The first-order chi connectivity index (χ1) is 10.6. The smallest absolute Gasteiger partial charge is 0.194 e. The third-order valence-electron chi connectivity index (χ3n) is 4.22. The molecule has 1 aliphatic heterocycles. The van der Waals surface area contributed by atoms with E-state index in [9.17, 15) is 0 Å². The first kappa shape index (κ1) is 20.2. The number of aromatic nitrogens is 1. The fourth-order valence-electron chi connectivity index (χ4n) is 3.14. The molecule has 0 bridgehead atoms. The van der Waals surface area contributed by atoms with Crippen LogP contribution < -0.4 is 5.32 Å². The second kappa shape index (κ2) is 10.1. The molecule has 2 rings (SSSR count). The van der Waals surface area contributed by atoms with Crippen LogP contribution in [-0.2, 0) is 6.54 Å². The Morgan fingerprint density at radius 3 is 2.91 bits per heavy atom. The van der Waals surface area contributed by atoms with Crippen LogP contribution in [0.2, 0.25) is 0 Å². The summed E-state index contributed by atoms with van der Waals surface area (Å²) in [6.45, 7) is 12.7. The highest BCUT2D eigenvalue weighted by Gasteiger charge is 2.25. The molecule has 1 fully saturated rings. The Labute approximate surface area is 158 Å². The molecule has 1 aliphatic rings. The van der Waals surface area contributed by atoms with Crippen molar-refractivity contribution in [2.75, 3.05) is 19.6 Å². The van der Waals surface area contributed by atoms with E-state index in [1.807, 2.05) is 12.3 Å². The molecule has 0 amide bonds. The van der Waals surface area contributed by atoms with Gasteiger partial charge < -0.3 is 10.2 Å². The predicted molar refractivity (Wildman–Crippen MR) is 108 cm³/mol. The molecule has 1 aromatic rings. The number of guanidine groups is 1. The minimum absolute atomic E-state index is 0. The number of hydrogen-bond donors (Lipinski definition) is 1. The van der Waals surface area contributed by atoms with Crippen LogP contribution in [0.25, 0.3) is 0 Å². The van der Waals surface area contributed by atoms with Crippen LogP contribution in [0.1, 0.15) is 44.9 Å². The SMILES string of the molecule is CCNC(=NCc1ncccc1C)N1CCC(CC(C)C)C1.I. The topological polar surface area (TPSA) is 40.5 Å². The minimum atomic E-state index is 0. The Balaban J connectivity index is 0.00000264. The molecule has 1 atom stereocenters. The molecule has 0 spiro atoms. The highest BCUT2D eigenvalue weighted by molar-refractivity contribution is 14.0. The Morgan fingerprint density at radius 2 is 2.26 bits per heavy atom. The van der Waals surface area contributed by atoms with Gasteiger partial charge in [0.25, 0.3) is 0 Å². The van der Waals surface area contributed by atoms with Crippen molar-refractivity contribution in [3.8, 4) is 0 Å². The molecule has 0 radical (unpaired) electrons. The maximum atomic E-state index is 4.81. The van der Waals surface area contributed by atoms with Gasteiger partial charge >= 0.3 is 0 Å². The van der Waals surface area contributed by atoms with E-state index in [1.54, 1.807) is 0 Å². The number of aryl methyl sites for hydroxylation is 1. The number of likely N-dealkylation sites (tertiary alicyclic amines) is 1. The summed E-state index contributed by atoms with van der Waals surface area (Å²) in [5.41, 5.74) is 2.28. The van der Waals surface area contributed by atoms with Crippen LogP contribution in [0.5, 0.6) is 0 Å². The van der Waals surface area contributed by atoms with Crippen LogP contribution in [0.15, 0.2) is 23.3 Å². The fourth-order valence-corrected chi connectivity index (χ4v) is 3.14. The molecular formula is C18H31IN4. The number of hydrogen-bond acceptors (Lipinski definition) is 2. The molecule has 0 aliphatic carbocycles. The Morgan fingerprint density at radius 1 is 1.48 bits per heavy atom. The standard InChI is InChI=1S/C18H30N4.HI/c1-5-19-18(21-12-17-15(4)7-6-9-20-17)22-10-8-16(13-22)11-14(2)3;/h6-7,9,14,16H,5,8,10-13H2,1-4H3,(H,19,21);1H. The summed E-state index contributed by atoms with van der Waals surface area (Å²) in [5.74, 6) is 2.62. The molecule has 130 valence electrons. The third-order valence-corrected chi connectivity index (χ3v) is 4.22. The average Bonchev–Trinajstić information content (AvgIpc) is 2.92. The lowest BCUT2D eigenvalue weighted by atomic mass is 9.97. The number of pyridine rings is 1. The van der Waals surface area contributed by atoms with Gasteiger partial charge in [0.15, 0.2) is 5.96 Å². The van der Waals surface area contributed by atoms with E-state index in [1.165, 1.54) is 18.4 Å². The summed E-state index contributed by atoms with van der Waals surface area (Å²) < 4.78 is 0. The van der Waals surface area contributed by atoms with E-state index in [0.717, 1.165) is 43.1 Å². The lowest BCUT2D eigenvalue weighted by molar-refractivity contribution is 0.403. The van der Waals surface area contributed by atoms with Crippen LogP contribution in [-0.4, -0.2) is 35.5 Å². The first-order valence-corrected chi connectivity index (χ1v) is 8.53. The molecule has 1 N–H and O–H groups in total. The molecule has 1 unspecified atom stereocenters. The maximum Gasteiger partial charge on any atom is 0.194 e. The minimum Gasteiger partial charge on any atom is -0.357 e. The second-order valence-electron chi connectivity index (χ2n) is 6.67. The number of rotatable bonds is 5. The molecule has 0 aromatic carbocycles. The molecule has 1 aromatic heterocycles. The Kier molecular flexibility index (Phi) is 8.87. The van der Waals surface area contributed by atoms with Gasteiger partial charge in [0, 0.05) is 25.8 Å². The Hall–Kier alpha value is -0.850. The van der Waals surface area contributed by atoms with Gasteiger partial charge in [-0.15, -0.1) is 24.0 Å². The average molecular weight is 430 g/mol. The van der Waals surface area contributed by atoms with Crippen LogP contribution >= 0.6 is 24.0 Å². The first-order valence-electron chi connectivity index (χ1n) is 8.53. The van der Waals surface area contributed by atoms with Gasteiger partial charge in [-0.05, 0) is 50.2 Å². The van der Waals surface area contributed by atoms with Crippen LogP contribution in [0.4, 0.5) is 0 Å². The quantitative estimate of drug-likeness (QED) is 0.439. The largest absolute Gasteiger partial charge is 0.357 e. The van der Waals surface area contributed by atoms with Gasteiger partial charge in [-0.1, -0.05) is 19.9 Å². The molecular weight excluding hydrogens is 399 g/mol. The van der Waals surface area contributed by atoms with Crippen molar-refractivity contribution in [1.29, 1.82) is 0 Å². The normalized spacial score (nSPS) is 18.2. The number of nitrogens with one attached hydrogen (secondary N) is 1. The van der Waals surface area contributed by atoms with Crippen molar-refractivity contribution >= 4 is 29.9 Å². The molecule has 23 heavy (non-hydrogen) atoms. The molecule has 5 heteroatoms. The summed E-state index contributed by atoms with van der Waals surface area (Å²) in [6, 6.07) is 4.07. The summed E-state index contributed by atoms with van der Waals surface area (Å²) in [7, 11) is 0. The highest BCUT2D eigenvalue weighted by atomic mass is 127. The van der Waals surface area contributed by atoms with Crippen LogP contribution in [0.3, 0.4) is 0 Å². The number of halogens is 1. The van der Waals surface area contributed by atoms with Crippen LogP contribution in [0, 0.1) is 18.8 Å². The molecule has 1 saturated heterocycles. The monoisotopic (exact) mass is 430 g/mol. The van der Waals surface area contributed by atoms with E-state index >= 15 is 0 Å². The van der Waals surface area contributed by atoms with Gasteiger partial charge in [0.2, 0.25) is 0 Å². The van der Waals surface area contributed by atoms with Crippen molar-refractivity contribution < 1.29 is 0 Å². The third kappa shape index (κ3) is 6.28. The lowest BCUT2D eigenvalue weighted by Gasteiger charge is -2.22. The van der Waals surface area contributed by atoms with E-state index < -0.39 is 0 Å². The Bertz CT molecular complexity index is 502. The van der Waals surface area contributed by atoms with Crippen molar-refractivity contribution in [2.45, 2.75) is 47.1 Å². The maximum absolute atomic E-state index is 4.81. The molecule has 2 heterocycles. The second-order valence-corrected chi connectivity index (χ2v) is 6.67. The van der Waals surface area contributed by atoms with Crippen molar-refractivity contribution in [3.63, 3.8) is 0 Å². The van der Waals surface area contributed by atoms with E-state index in [-0.39, 0.29) is 24.0 Å². The van der Waals surface area contributed by atoms with E-state index in [0.29, 0.717) is 6.54 Å². The zero-order valence-electron chi connectivity index (χ0n) is 14.9. The lowest BCUT2D eigenvalue weighted by Crippen LogP contribution is -2.40. The summed E-state index contributed by atoms with van der Waals surface area (Å²) >= 11 is 0. The summed E-state index contributed by atoms with van der Waals surface area (Å²) in [6.07, 6.45) is 4.44. The summed E-state index contributed by atoms with van der Waals surface area (Å²) in [5, 5.41) is 3.44. The van der Waals surface area contributed by atoms with E-state index in [4.69, 9.17) is 4.99 Å². The fraction of sp³-hybridized carbons (Fsp3) is 0.667. The van der Waals surface area contributed by atoms with Crippen molar-refractivity contribution in [1.82, 2.24) is 15.2 Å². The van der Waals surface area contributed by atoms with Crippen molar-refractivity contribution in [2.24, 2.45) is 16.8 Å². The summed E-state index contributed by atoms with van der Waals surface area (Å²) in [4.78, 5) is 11.7. The predicted octanol–water partition coefficient (Wildman–Crippen LogP) is 3.84. The van der Waals surface area contributed by atoms with Gasteiger partial charge in [-0.3, -0.25) is 4.98 Å². The van der Waals surface area contributed by atoms with Gasteiger partial charge in [0.05, 0.1) is 12.2 Å². The van der Waals surface area contributed by atoms with Gasteiger partial charge in [-0.2, -0.15) is 0 Å². The van der Waals surface area contributed by atoms with E-state index in [2.05, 4.69) is 49.0 Å². The van der Waals surface area contributed by atoms with Gasteiger partial charge in [0.1, 0.15) is 0 Å².